The molecule has 0 aliphatic rings. The van der Waals surface area contributed by atoms with Gasteiger partial charge in [0.2, 0.25) is 5.88 Å². The number of aromatic nitrogens is 2. The summed E-state index contributed by atoms with van der Waals surface area (Å²) in [4.78, 5) is 8.29. The molecular formula is C15H15ClN2O. The van der Waals surface area contributed by atoms with E-state index >= 15 is 0 Å². The summed E-state index contributed by atoms with van der Waals surface area (Å²) in [5, 5.41) is 0.439. The molecule has 0 atom stereocenters. The van der Waals surface area contributed by atoms with Gasteiger partial charge in [0.15, 0.2) is 0 Å². The minimum absolute atomic E-state index is 0.439. The monoisotopic (exact) mass is 274 g/mol. The van der Waals surface area contributed by atoms with Gasteiger partial charge in [0.1, 0.15) is 17.6 Å². The van der Waals surface area contributed by atoms with Gasteiger partial charge in [-0.25, -0.2) is 4.98 Å². The van der Waals surface area contributed by atoms with Crippen molar-refractivity contribution in [3.63, 3.8) is 0 Å². The molecule has 0 saturated heterocycles. The second kappa shape index (κ2) is 6.34. The van der Waals surface area contributed by atoms with Crippen LogP contribution < -0.4 is 4.74 Å². The Hall–Kier alpha value is -1.87. The SMILES string of the molecule is Cc1nc(Cl)c(C)c(OC/C=C/c2ccccc2)n1. The van der Waals surface area contributed by atoms with Gasteiger partial charge in [0.25, 0.3) is 0 Å². The van der Waals surface area contributed by atoms with Crippen molar-refractivity contribution in [2.75, 3.05) is 6.61 Å². The lowest BCUT2D eigenvalue weighted by Crippen LogP contribution is -2.01. The Kier molecular flexibility index (Phi) is 4.53. The molecule has 2 aromatic rings. The molecule has 0 bridgehead atoms. The van der Waals surface area contributed by atoms with Crippen LogP contribution in [0.2, 0.25) is 5.15 Å². The number of aryl methyl sites for hydroxylation is 1. The van der Waals surface area contributed by atoms with Crippen molar-refractivity contribution in [1.82, 2.24) is 9.97 Å². The number of hydrogen-bond donors (Lipinski definition) is 0. The van der Waals surface area contributed by atoms with E-state index in [-0.39, 0.29) is 0 Å². The first-order chi connectivity index (χ1) is 9.16. The number of rotatable bonds is 4. The summed E-state index contributed by atoms with van der Waals surface area (Å²) in [5.74, 6) is 1.15. The molecule has 3 nitrogen and oxygen atoms in total. The highest BCUT2D eigenvalue weighted by Gasteiger charge is 2.07. The number of hydrogen-bond acceptors (Lipinski definition) is 3. The lowest BCUT2D eigenvalue weighted by molar-refractivity contribution is 0.344. The van der Waals surface area contributed by atoms with Crippen LogP contribution in [0.1, 0.15) is 17.0 Å². The van der Waals surface area contributed by atoms with Crippen LogP contribution >= 0.6 is 11.6 Å². The molecule has 0 radical (unpaired) electrons. The summed E-state index contributed by atoms with van der Waals surface area (Å²) in [7, 11) is 0. The summed E-state index contributed by atoms with van der Waals surface area (Å²) in [5.41, 5.74) is 1.90. The molecular weight excluding hydrogens is 260 g/mol. The van der Waals surface area contributed by atoms with Crippen LogP contribution in [0.5, 0.6) is 5.88 Å². The Morgan fingerprint density at radius 2 is 1.89 bits per heavy atom. The molecule has 0 amide bonds. The van der Waals surface area contributed by atoms with Gasteiger partial charge in [0.05, 0.1) is 0 Å². The molecule has 98 valence electrons. The van der Waals surface area contributed by atoms with Crippen LogP contribution in [0.25, 0.3) is 6.08 Å². The quantitative estimate of drug-likeness (QED) is 0.795. The molecule has 0 N–H and O–H groups in total. The fraction of sp³-hybridized carbons (Fsp3) is 0.200. The first kappa shape index (κ1) is 13.6. The molecule has 2 rings (SSSR count). The van der Waals surface area contributed by atoms with E-state index in [2.05, 4.69) is 9.97 Å². The van der Waals surface area contributed by atoms with E-state index in [9.17, 15) is 0 Å². The fourth-order valence-corrected chi connectivity index (χ4v) is 1.79. The van der Waals surface area contributed by atoms with E-state index in [4.69, 9.17) is 16.3 Å². The maximum absolute atomic E-state index is 5.98. The Balaban J connectivity index is 1.98. The Morgan fingerprint density at radius 1 is 1.16 bits per heavy atom. The van der Waals surface area contributed by atoms with Crippen LogP contribution in [0, 0.1) is 13.8 Å². The number of benzene rings is 1. The predicted octanol–water partition coefficient (Wildman–Crippen LogP) is 3.84. The summed E-state index contributed by atoms with van der Waals surface area (Å²) in [6.07, 6.45) is 3.95. The molecule has 0 saturated carbocycles. The number of halogens is 1. The van der Waals surface area contributed by atoms with Crippen molar-refractivity contribution in [3.8, 4) is 5.88 Å². The molecule has 0 spiro atoms. The van der Waals surface area contributed by atoms with Crippen LogP contribution in [-0.2, 0) is 0 Å². The van der Waals surface area contributed by atoms with Crippen molar-refractivity contribution >= 4 is 17.7 Å². The third kappa shape index (κ3) is 3.80. The molecule has 1 aromatic carbocycles. The predicted molar refractivity (Wildman–Crippen MR) is 77.5 cm³/mol. The van der Waals surface area contributed by atoms with E-state index < -0.39 is 0 Å². The van der Waals surface area contributed by atoms with Gasteiger partial charge in [-0.15, -0.1) is 0 Å². The van der Waals surface area contributed by atoms with Crippen molar-refractivity contribution in [2.24, 2.45) is 0 Å². The van der Waals surface area contributed by atoms with Crippen LogP contribution in [0.3, 0.4) is 0 Å². The van der Waals surface area contributed by atoms with E-state index in [1.54, 1.807) is 6.92 Å². The molecule has 4 heteroatoms. The van der Waals surface area contributed by atoms with Crippen LogP contribution in [-0.4, -0.2) is 16.6 Å². The molecule has 1 heterocycles. The molecule has 0 aliphatic carbocycles. The van der Waals surface area contributed by atoms with E-state index in [1.165, 1.54) is 0 Å². The summed E-state index contributed by atoms with van der Waals surface area (Å²) < 4.78 is 5.60. The summed E-state index contributed by atoms with van der Waals surface area (Å²) in [6, 6.07) is 10.1. The van der Waals surface area contributed by atoms with E-state index in [0.29, 0.717) is 23.5 Å². The lowest BCUT2D eigenvalue weighted by Gasteiger charge is -2.07. The molecule has 0 aliphatic heterocycles. The third-order valence-corrected chi connectivity index (χ3v) is 2.95. The number of nitrogens with zero attached hydrogens (tertiary/aromatic N) is 2. The Bertz CT molecular complexity index is 582. The zero-order valence-corrected chi connectivity index (χ0v) is 11.7. The second-order valence-corrected chi connectivity index (χ2v) is 4.47. The zero-order chi connectivity index (χ0) is 13.7. The normalized spacial score (nSPS) is 10.9. The highest BCUT2D eigenvalue weighted by molar-refractivity contribution is 6.30. The summed E-state index contributed by atoms with van der Waals surface area (Å²) >= 11 is 5.98. The highest BCUT2D eigenvalue weighted by Crippen LogP contribution is 2.21. The van der Waals surface area contributed by atoms with Gasteiger partial charge in [-0.3, -0.25) is 0 Å². The fourth-order valence-electron chi connectivity index (χ4n) is 1.59. The lowest BCUT2D eigenvalue weighted by atomic mass is 10.2. The van der Waals surface area contributed by atoms with Gasteiger partial charge in [-0.05, 0) is 25.5 Å². The molecule has 1 aromatic heterocycles. The van der Waals surface area contributed by atoms with Crippen molar-refractivity contribution in [3.05, 3.63) is 58.5 Å². The largest absolute Gasteiger partial charge is 0.473 e. The van der Waals surface area contributed by atoms with Gasteiger partial charge in [-0.2, -0.15) is 4.98 Å². The van der Waals surface area contributed by atoms with Crippen molar-refractivity contribution in [2.45, 2.75) is 13.8 Å². The number of ether oxygens (including phenoxy) is 1. The van der Waals surface area contributed by atoms with Crippen LogP contribution in [0.4, 0.5) is 0 Å². The van der Waals surface area contributed by atoms with Crippen molar-refractivity contribution in [1.29, 1.82) is 0 Å². The Labute approximate surface area is 117 Å². The van der Waals surface area contributed by atoms with Gasteiger partial charge in [0, 0.05) is 5.56 Å². The maximum Gasteiger partial charge on any atom is 0.221 e. The third-order valence-electron chi connectivity index (χ3n) is 2.58. The summed E-state index contributed by atoms with van der Waals surface area (Å²) in [6.45, 7) is 4.08. The first-order valence-corrected chi connectivity index (χ1v) is 6.40. The zero-order valence-electron chi connectivity index (χ0n) is 10.9. The van der Waals surface area contributed by atoms with E-state index in [0.717, 1.165) is 11.1 Å². The second-order valence-electron chi connectivity index (χ2n) is 4.12. The van der Waals surface area contributed by atoms with Crippen LogP contribution in [0.15, 0.2) is 36.4 Å². The van der Waals surface area contributed by atoms with Gasteiger partial charge in [-0.1, -0.05) is 48.0 Å². The smallest absolute Gasteiger partial charge is 0.221 e. The topological polar surface area (TPSA) is 35.0 Å². The van der Waals surface area contributed by atoms with Gasteiger partial charge < -0.3 is 4.74 Å². The highest BCUT2D eigenvalue weighted by atomic mass is 35.5. The molecule has 0 fully saturated rings. The van der Waals surface area contributed by atoms with E-state index in [1.807, 2.05) is 49.4 Å². The van der Waals surface area contributed by atoms with Crippen molar-refractivity contribution < 1.29 is 4.74 Å². The standard InChI is InChI=1S/C15H15ClN2O/c1-11-14(16)17-12(2)18-15(11)19-10-6-9-13-7-4-3-5-8-13/h3-9H,10H2,1-2H3/b9-6+. The minimum atomic E-state index is 0.439. The average Bonchev–Trinajstić information content (AvgIpc) is 2.41. The van der Waals surface area contributed by atoms with Gasteiger partial charge >= 0.3 is 0 Å². The Morgan fingerprint density at radius 3 is 2.63 bits per heavy atom. The first-order valence-electron chi connectivity index (χ1n) is 6.02. The minimum Gasteiger partial charge on any atom is -0.473 e. The maximum atomic E-state index is 5.98. The average molecular weight is 275 g/mol. The molecule has 0 unspecified atom stereocenters. The molecule has 19 heavy (non-hydrogen) atoms.